The van der Waals surface area contributed by atoms with Gasteiger partial charge < -0.3 is 14.6 Å². The Morgan fingerprint density at radius 2 is 2.00 bits per heavy atom. The number of nitrogens with zero attached hydrogens (tertiary/aromatic N) is 2. The molecule has 1 aromatic rings. The van der Waals surface area contributed by atoms with E-state index in [-0.39, 0.29) is 54.4 Å². The number of urea groups is 1. The number of ether oxygens (including phenoxy) is 1. The van der Waals surface area contributed by atoms with Crippen molar-refractivity contribution in [3.63, 3.8) is 0 Å². The molecule has 1 aliphatic heterocycles. The van der Waals surface area contributed by atoms with Crippen LogP contribution < -0.4 is 34.9 Å². The number of carbonyl (C=O) groups excluding carboxylic acids is 2. The van der Waals surface area contributed by atoms with Crippen LogP contribution in [0.4, 0.5) is 9.59 Å². The Kier molecular flexibility index (Phi) is 9.06. The monoisotopic (exact) mass is 425 g/mol. The van der Waals surface area contributed by atoms with Crippen LogP contribution in [0.3, 0.4) is 0 Å². The number of benzene rings is 1. The molecule has 12 heteroatoms. The number of hydrogen-bond acceptors (Lipinski definition) is 6. The van der Waals surface area contributed by atoms with Crippen LogP contribution in [0, 0.1) is 0 Å². The molecule has 2 rings (SSSR count). The van der Waals surface area contributed by atoms with E-state index < -0.39 is 27.6 Å². The largest absolute Gasteiger partial charge is 1.00 e. The van der Waals surface area contributed by atoms with E-state index in [9.17, 15) is 22.6 Å². The van der Waals surface area contributed by atoms with E-state index in [1.807, 2.05) is 11.4 Å². The summed E-state index contributed by atoms with van der Waals surface area (Å²) in [5.41, 5.74) is 0.799. The summed E-state index contributed by atoms with van der Waals surface area (Å²) in [6.45, 7) is 1.69. The molecule has 0 aliphatic carbocycles. The van der Waals surface area contributed by atoms with Crippen LogP contribution in [0.1, 0.15) is 12.5 Å². The number of hydrogen-bond donors (Lipinski definition) is 1. The summed E-state index contributed by atoms with van der Waals surface area (Å²) >= 11 is 5.80. The second-order valence-electron chi connectivity index (χ2n) is 5.33. The summed E-state index contributed by atoms with van der Waals surface area (Å²) in [4.78, 5) is 26.5. The maximum Gasteiger partial charge on any atom is 1.00 e. The fraction of sp³-hybridized carbons (Fsp3) is 0.333. The van der Waals surface area contributed by atoms with E-state index in [1.54, 1.807) is 31.2 Å². The molecule has 27 heavy (non-hydrogen) atoms. The zero-order chi connectivity index (χ0) is 19.3. The van der Waals surface area contributed by atoms with Crippen molar-refractivity contribution in [2.45, 2.75) is 18.8 Å². The minimum absolute atomic E-state index is 0. The molecule has 0 saturated heterocycles. The van der Waals surface area contributed by atoms with Gasteiger partial charge in [0, 0.05) is 6.20 Å². The van der Waals surface area contributed by atoms with Gasteiger partial charge >= 0.3 is 41.7 Å². The zero-order valence-corrected chi connectivity index (χ0v) is 18.4. The molecular formula is C15H17ClN3NaO6S. The van der Waals surface area contributed by atoms with Crippen LogP contribution in [-0.4, -0.2) is 53.5 Å². The van der Waals surface area contributed by atoms with Gasteiger partial charge in [-0.05, 0) is 12.5 Å². The van der Waals surface area contributed by atoms with E-state index in [2.05, 4.69) is 0 Å². The van der Waals surface area contributed by atoms with Gasteiger partial charge in [0.15, 0.2) is 5.37 Å². The summed E-state index contributed by atoms with van der Waals surface area (Å²) < 4.78 is 38.3. The summed E-state index contributed by atoms with van der Waals surface area (Å²) in [5, 5.41) is -0.217. The van der Waals surface area contributed by atoms with Gasteiger partial charge in [0.1, 0.15) is 16.8 Å². The SMILES string of the molecule is CCOC(=O)N(Cc1ccccc1)CN1C=C(Cl)C(S(=O)(=O)[O-])NC1=O.[Na+]. The molecule has 0 radical (unpaired) electrons. The first-order valence-corrected chi connectivity index (χ1v) is 9.42. The van der Waals surface area contributed by atoms with Crippen molar-refractivity contribution in [3.05, 3.63) is 47.1 Å². The number of halogens is 1. The van der Waals surface area contributed by atoms with Crippen LogP contribution >= 0.6 is 11.6 Å². The first-order valence-electron chi connectivity index (χ1n) is 7.57. The average Bonchev–Trinajstić information content (AvgIpc) is 2.57. The van der Waals surface area contributed by atoms with Crippen molar-refractivity contribution >= 4 is 33.8 Å². The Labute approximate surface area is 184 Å². The third-order valence-corrected chi connectivity index (χ3v) is 4.79. The molecule has 0 spiro atoms. The smallest absolute Gasteiger partial charge is 0.746 e. The molecule has 0 bridgehead atoms. The van der Waals surface area contributed by atoms with Gasteiger partial charge in [0.05, 0.1) is 18.2 Å². The fourth-order valence-corrected chi connectivity index (χ4v) is 3.31. The molecule has 3 amide bonds. The van der Waals surface area contributed by atoms with Gasteiger partial charge in [0.2, 0.25) is 0 Å². The molecule has 1 unspecified atom stereocenters. The second-order valence-corrected chi connectivity index (χ2v) is 7.22. The predicted molar refractivity (Wildman–Crippen MR) is 91.7 cm³/mol. The van der Waals surface area contributed by atoms with Gasteiger partial charge in [-0.25, -0.2) is 18.0 Å². The number of nitrogens with one attached hydrogen (secondary N) is 1. The van der Waals surface area contributed by atoms with Crippen LogP contribution in [0.2, 0.25) is 0 Å². The Balaban J connectivity index is 0.00000364. The molecule has 0 saturated carbocycles. The van der Waals surface area contributed by atoms with Gasteiger partial charge in [-0.2, -0.15) is 0 Å². The maximum absolute atomic E-state index is 12.2. The molecule has 1 N–H and O–H groups in total. The number of rotatable bonds is 6. The Morgan fingerprint density at radius 3 is 2.56 bits per heavy atom. The van der Waals surface area contributed by atoms with E-state index in [4.69, 9.17) is 16.3 Å². The van der Waals surface area contributed by atoms with E-state index in [1.165, 1.54) is 4.90 Å². The van der Waals surface area contributed by atoms with Gasteiger partial charge in [-0.3, -0.25) is 9.80 Å². The minimum Gasteiger partial charge on any atom is -0.746 e. The molecule has 0 aromatic heterocycles. The van der Waals surface area contributed by atoms with Crippen LogP contribution in [-0.2, 0) is 21.4 Å². The van der Waals surface area contributed by atoms with E-state index >= 15 is 0 Å². The molecular weight excluding hydrogens is 409 g/mol. The van der Waals surface area contributed by atoms with Gasteiger partial charge in [-0.15, -0.1) is 0 Å². The molecule has 1 atom stereocenters. The van der Waals surface area contributed by atoms with Crippen LogP contribution in [0.25, 0.3) is 0 Å². The molecule has 1 aliphatic rings. The first kappa shape index (κ1) is 23.7. The Bertz CT molecular complexity index is 805. The van der Waals surface area contributed by atoms with Crippen molar-refractivity contribution in [2.24, 2.45) is 0 Å². The molecule has 9 nitrogen and oxygen atoms in total. The Hall–Kier alpha value is -1.30. The summed E-state index contributed by atoms with van der Waals surface area (Å²) in [5.74, 6) is 0. The predicted octanol–water partition coefficient (Wildman–Crippen LogP) is -1.42. The standard InChI is InChI=1S/C15H18ClN3O6S.Na/c1-2-25-15(21)19(8-11-6-4-3-5-7-11)10-18-9-12(16)13(17-14(18)20)26(22,23)24;/h3-7,9,13H,2,8,10H2,1H3,(H,17,20)(H,22,23,24);/q;+1/p-1. The average molecular weight is 426 g/mol. The molecule has 0 fully saturated rings. The molecule has 142 valence electrons. The Morgan fingerprint density at radius 1 is 1.37 bits per heavy atom. The maximum atomic E-state index is 12.2. The third kappa shape index (κ3) is 6.66. The number of amides is 3. The van der Waals surface area contributed by atoms with Crippen molar-refractivity contribution in [1.29, 1.82) is 0 Å². The van der Waals surface area contributed by atoms with Crippen LogP contribution in [0.15, 0.2) is 41.6 Å². The quantitative estimate of drug-likeness (QED) is 0.441. The van der Waals surface area contributed by atoms with E-state index in [0.29, 0.717) is 0 Å². The third-order valence-electron chi connectivity index (χ3n) is 3.40. The normalized spacial score (nSPS) is 16.7. The molecule has 1 aromatic carbocycles. The zero-order valence-electron chi connectivity index (χ0n) is 14.8. The van der Waals surface area contributed by atoms with Crippen molar-refractivity contribution in [1.82, 2.24) is 15.1 Å². The minimum atomic E-state index is -4.85. The topological polar surface area (TPSA) is 119 Å². The van der Waals surface area contributed by atoms with Crippen LogP contribution in [0.5, 0.6) is 0 Å². The van der Waals surface area contributed by atoms with Gasteiger partial charge in [0.25, 0.3) is 0 Å². The van der Waals surface area contributed by atoms with E-state index in [0.717, 1.165) is 16.7 Å². The van der Waals surface area contributed by atoms with Crippen molar-refractivity contribution in [3.8, 4) is 0 Å². The van der Waals surface area contributed by atoms with Crippen molar-refractivity contribution in [2.75, 3.05) is 13.3 Å². The fourth-order valence-electron chi connectivity index (χ4n) is 2.23. The summed E-state index contributed by atoms with van der Waals surface area (Å²) in [7, 11) is -4.85. The first-order chi connectivity index (χ1) is 12.2. The summed E-state index contributed by atoms with van der Waals surface area (Å²) in [6.07, 6.45) is 0.352. The summed E-state index contributed by atoms with van der Waals surface area (Å²) in [6, 6.07) is 8.14. The molecule has 1 heterocycles. The second kappa shape index (κ2) is 10.3. The van der Waals surface area contributed by atoms with Crippen molar-refractivity contribution < 1.29 is 56.9 Å². The van der Waals surface area contributed by atoms with Gasteiger partial charge in [-0.1, -0.05) is 41.9 Å². The number of carbonyl (C=O) groups is 2.